The van der Waals surface area contributed by atoms with Crippen LogP contribution in [0, 0.1) is 5.41 Å². The molecule has 1 aliphatic rings. The second kappa shape index (κ2) is 7.52. The van der Waals surface area contributed by atoms with Crippen LogP contribution in [-0.2, 0) is 4.79 Å². The molecular formula is C17H30OS. The summed E-state index contributed by atoms with van der Waals surface area (Å²) in [6.07, 6.45) is 7.00. The molecule has 1 atom stereocenters. The Morgan fingerprint density at radius 2 is 2.11 bits per heavy atom. The van der Waals surface area contributed by atoms with Gasteiger partial charge in [0.1, 0.15) is 5.78 Å². The Balaban J connectivity index is 2.90. The fourth-order valence-corrected chi connectivity index (χ4v) is 5.01. The molecule has 1 aliphatic carbocycles. The van der Waals surface area contributed by atoms with Crippen molar-refractivity contribution < 1.29 is 4.79 Å². The lowest BCUT2D eigenvalue weighted by atomic mass is 9.71. The average molecular weight is 282 g/mol. The molecule has 1 unspecified atom stereocenters. The topological polar surface area (TPSA) is 17.1 Å². The maximum absolute atomic E-state index is 11.6. The van der Waals surface area contributed by atoms with Crippen molar-refractivity contribution in [3.05, 3.63) is 11.1 Å². The highest BCUT2D eigenvalue weighted by Gasteiger charge is 2.34. The van der Waals surface area contributed by atoms with Crippen LogP contribution in [0.2, 0.25) is 0 Å². The van der Waals surface area contributed by atoms with Gasteiger partial charge in [0.15, 0.2) is 0 Å². The number of thioether (sulfide) groups is 1. The highest BCUT2D eigenvalue weighted by atomic mass is 32.2. The molecule has 110 valence electrons. The summed E-state index contributed by atoms with van der Waals surface area (Å²) < 4.78 is 0. The van der Waals surface area contributed by atoms with Gasteiger partial charge in [-0.3, -0.25) is 4.79 Å². The van der Waals surface area contributed by atoms with Gasteiger partial charge in [-0.1, -0.05) is 38.3 Å². The number of unbranched alkanes of at least 4 members (excludes halogenated alkanes) is 1. The predicted octanol–water partition coefficient (Wildman–Crippen LogP) is 5.39. The summed E-state index contributed by atoms with van der Waals surface area (Å²) in [5.41, 5.74) is 3.41. The van der Waals surface area contributed by atoms with E-state index in [2.05, 4.69) is 27.7 Å². The van der Waals surface area contributed by atoms with E-state index in [0.29, 0.717) is 17.5 Å². The van der Waals surface area contributed by atoms with Crippen LogP contribution < -0.4 is 0 Å². The maximum Gasteiger partial charge on any atom is 0.131 e. The van der Waals surface area contributed by atoms with Gasteiger partial charge in [-0.05, 0) is 50.7 Å². The van der Waals surface area contributed by atoms with Crippen molar-refractivity contribution in [2.75, 3.05) is 5.75 Å². The first-order valence-corrected chi connectivity index (χ1v) is 8.74. The molecular weight excluding hydrogens is 252 g/mol. The molecule has 0 aromatic heterocycles. The molecule has 0 aromatic carbocycles. The first-order valence-electron chi connectivity index (χ1n) is 7.69. The van der Waals surface area contributed by atoms with Gasteiger partial charge >= 0.3 is 0 Å². The van der Waals surface area contributed by atoms with E-state index in [1.54, 1.807) is 18.1 Å². The van der Waals surface area contributed by atoms with Crippen LogP contribution in [0.4, 0.5) is 0 Å². The molecule has 0 bridgehead atoms. The average Bonchev–Trinajstić information content (AvgIpc) is 2.26. The third kappa shape index (κ3) is 4.98. The quantitative estimate of drug-likeness (QED) is 0.460. The fraction of sp³-hybridized carbons (Fsp3) is 0.824. The molecule has 19 heavy (non-hydrogen) atoms. The van der Waals surface area contributed by atoms with Crippen molar-refractivity contribution in [1.29, 1.82) is 0 Å². The lowest BCUT2D eigenvalue weighted by Crippen LogP contribution is -2.29. The molecule has 0 N–H and O–H groups in total. The minimum Gasteiger partial charge on any atom is -0.300 e. The summed E-state index contributed by atoms with van der Waals surface area (Å²) in [6, 6.07) is 0. The lowest BCUT2D eigenvalue weighted by molar-refractivity contribution is -0.116. The number of rotatable bonds is 7. The van der Waals surface area contributed by atoms with E-state index in [1.807, 2.05) is 11.8 Å². The Morgan fingerprint density at radius 1 is 1.42 bits per heavy atom. The van der Waals surface area contributed by atoms with Crippen molar-refractivity contribution in [2.24, 2.45) is 5.41 Å². The van der Waals surface area contributed by atoms with Gasteiger partial charge in [0.25, 0.3) is 0 Å². The number of carbonyl (C=O) groups excluding carboxylic acids is 1. The molecule has 0 amide bonds. The Morgan fingerprint density at radius 3 is 2.63 bits per heavy atom. The zero-order valence-corrected chi connectivity index (χ0v) is 14.2. The van der Waals surface area contributed by atoms with Crippen LogP contribution in [0.5, 0.6) is 0 Å². The smallest absolute Gasteiger partial charge is 0.131 e. The van der Waals surface area contributed by atoms with Crippen molar-refractivity contribution in [2.45, 2.75) is 78.4 Å². The largest absolute Gasteiger partial charge is 0.300 e. The molecule has 0 spiro atoms. The van der Waals surface area contributed by atoms with E-state index < -0.39 is 0 Å². The van der Waals surface area contributed by atoms with Crippen molar-refractivity contribution in [3.8, 4) is 0 Å². The summed E-state index contributed by atoms with van der Waals surface area (Å²) in [6.45, 7) is 11.0. The summed E-state index contributed by atoms with van der Waals surface area (Å²) in [5, 5.41) is 0.416. The second-order valence-corrected chi connectivity index (χ2v) is 7.86. The van der Waals surface area contributed by atoms with Gasteiger partial charge < -0.3 is 0 Å². The molecule has 0 radical (unpaired) electrons. The van der Waals surface area contributed by atoms with E-state index in [9.17, 15) is 4.79 Å². The SMILES string of the molecule is CCCCSC(CC(C)=O)C1=C(C)CCCC1(C)C. The summed E-state index contributed by atoms with van der Waals surface area (Å²) >= 11 is 2.01. The standard InChI is InChI=1S/C17H30OS/c1-6-7-11-19-15(12-14(3)18)16-13(2)9-8-10-17(16,4)5/h15H,6-12H2,1-5H3. The molecule has 1 rings (SSSR count). The van der Waals surface area contributed by atoms with E-state index >= 15 is 0 Å². The molecule has 0 saturated heterocycles. The Hall–Kier alpha value is -0.240. The van der Waals surface area contributed by atoms with E-state index in [0.717, 1.165) is 0 Å². The molecule has 2 heteroatoms. The van der Waals surface area contributed by atoms with Crippen molar-refractivity contribution in [1.82, 2.24) is 0 Å². The van der Waals surface area contributed by atoms with Crippen molar-refractivity contribution >= 4 is 17.5 Å². The van der Waals surface area contributed by atoms with Crippen LogP contribution >= 0.6 is 11.8 Å². The fourth-order valence-electron chi connectivity index (χ4n) is 3.23. The Kier molecular flexibility index (Phi) is 6.65. The van der Waals surface area contributed by atoms with Crippen LogP contribution in [-0.4, -0.2) is 16.8 Å². The molecule has 0 aromatic rings. The van der Waals surface area contributed by atoms with E-state index in [4.69, 9.17) is 0 Å². The third-order valence-electron chi connectivity index (χ3n) is 4.15. The number of carbonyl (C=O) groups is 1. The number of hydrogen-bond donors (Lipinski definition) is 0. The van der Waals surface area contributed by atoms with E-state index in [1.165, 1.54) is 37.9 Å². The monoisotopic (exact) mass is 282 g/mol. The maximum atomic E-state index is 11.6. The van der Waals surface area contributed by atoms with Gasteiger partial charge in [0, 0.05) is 11.7 Å². The third-order valence-corrected chi connectivity index (χ3v) is 5.48. The molecule has 0 saturated carbocycles. The summed E-state index contributed by atoms with van der Waals surface area (Å²) in [4.78, 5) is 11.6. The van der Waals surface area contributed by atoms with Gasteiger partial charge in [0.2, 0.25) is 0 Å². The van der Waals surface area contributed by atoms with Crippen LogP contribution in [0.1, 0.15) is 73.1 Å². The first-order chi connectivity index (χ1) is 8.88. The van der Waals surface area contributed by atoms with Gasteiger partial charge in [-0.15, -0.1) is 0 Å². The van der Waals surface area contributed by atoms with Gasteiger partial charge in [-0.25, -0.2) is 0 Å². The zero-order valence-electron chi connectivity index (χ0n) is 13.3. The number of ketones is 1. The van der Waals surface area contributed by atoms with Crippen LogP contribution in [0.15, 0.2) is 11.1 Å². The molecule has 0 aliphatic heterocycles. The number of Topliss-reactive ketones (excluding diaryl/α,β-unsaturated/α-hetero) is 1. The van der Waals surface area contributed by atoms with Crippen molar-refractivity contribution in [3.63, 3.8) is 0 Å². The highest BCUT2D eigenvalue weighted by molar-refractivity contribution is 8.00. The Bertz CT molecular complexity index is 341. The minimum atomic E-state index is 0.279. The lowest BCUT2D eigenvalue weighted by Gasteiger charge is -2.38. The second-order valence-electron chi connectivity index (χ2n) is 6.55. The molecule has 1 nitrogen and oxygen atoms in total. The zero-order chi connectivity index (χ0) is 14.5. The summed E-state index contributed by atoms with van der Waals surface area (Å²) in [7, 11) is 0. The van der Waals surface area contributed by atoms with E-state index in [-0.39, 0.29) is 5.41 Å². The first kappa shape index (κ1) is 16.8. The van der Waals surface area contributed by atoms with Gasteiger partial charge in [-0.2, -0.15) is 11.8 Å². The van der Waals surface area contributed by atoms with Gasteiger partial charge in [0.05, 0.1) is 0 Å². The molecule has 0 heterocycles. The predicted molar refractivity (Wildman–Crippen MR) is 86.8 cm³/mol. The minimum absolute atomic E-state index is 0.279. The molecule has 0 fully saturated rings. The number of allylic oxidation sites excluding steroid dienone is 1. The Labute approximate surface area is 123 Å². The normalized spacial score (nSPS) is 20.5. The van der Waals surface area contributed by atoms with Crippen LogP contribution in [0.3, 0.4) is 0 Å². The van der Waals surface area contributed by atoms with Crippen LogP contribution in [0.25, 0.3) is 0 Å². The summed E-state index contributed by atoms with van der Waals surface area (Å²) in [5.74, 6) is 1.51. The number of hydrogen-bond acceptors (Lipinski definition) is 2. The highest BCUT2D eigenvalue weighted by Crippen LogP contribution is 2.45.